The predicted octanol–water partition coefficient (Wildman–Crippen LogP) is 4.84. The van der Waals surface area contributed by atoms with Crippen LogP contribution in [-0.4, -0.2) is 36.2 Å². The molecule has 6 heteroatoms. The topological polar surface area (TPSA) is 89.9 Å². The summed E-state index contributed by atoms with van der Waals surface area (Å²) in [5, 5.41) is 10.4. The summed E-state index contributed by atoms with van der Waals surface area (Å²) in [4.78, 5) is 36.3. The molecule has 0 aromatic heterocycles. The molecule has 2 bridgehead atoms. The van der Waals surface area contributed by atoms with E-state index in [4.69, 9.17) is 9.47 Å². The lowest BCUT2D eigenvalue weighted by molar-refractivity contribution is -0.197. The second-order valence-electron chi connectivity index (χ2n) is 11.9. The van der Waals surface area contributed by atoms with Crippen molar-refractivity contribution < 1.29 is 29.0 Å². The number of carboxylic acids is 1. The summed E-state index contributed by atoms with van der Waals surface area (Å²) >= 11 is 0. The number of carbonyl (C=O) groups excluding carboxylic acids is 2. The van der Waals surface area contributed by atoms with Crippen molar-refractivity contribution in [1.82, 2.24) is 0 Å². The van der Waals surface area contributed by atoms with E-state index in [1.54, 1.807) is 13.8 Å². The van der Waals surface area contributed by atoms with E-state index in [1.165, 1.54) is 13.3 Å². The smallest absolute Gasteiger partial charge is 0.313 e. The third kappa shape index (κ3) is 3.66. The number of hydrogen-bond donors (Lipinski definition) is 1. The van der Waals surface area contributed by atoms with Crippen molar-refractivity contribution in [1.29, 1.82) is 0 Å². The molecule has 4 rings (SSSR count). The third-order valence-electron chi connectivity index (χ3n) is 9.97. The first-order chi connectivity index (χ1) is 15.0. The molecular weight excluding hydrogens is 408 g/mol. The zero-order valence-electron chi connectivity index (χ0n) is 20.2. The molecule has 32 heavy (non-hydrogen) atoms. The molecule has 4 saturated carbocycles. The molecule has 1 spiro atoms. The highest BCUT2D eigenvalue weighted by atomic mass is 16.5. The normalized spacial score (nSPS) is 42.7. The average Bonchev–Trinajstić information content (AvgIpc) is 2.99. The molecule has 7 atom stereocenters. The van der Waals surface area contributed by atoms with Crippen molar-refractivity contribution in [3.05, 3.63) is 0 Å². The summed E-state index contributed by atoms with van der Waals surface area (Å²) in [6, 6.07) is 0. The molecule has 1 N–H and O–H groups in total. The van der Waals surface area contributed by atoms with Gasteiger partial charge in [0.2, 0.25) is 0 Å². The Balaban J connectivity index is 1.59. The number of ether oxygens (including phenoxy) is 2. The monoisotopic (exact) mass is 448 g/mol. The zero-order valence-corrected chi connectivity index (χ0v) is 20.2. The number of fused-ring (bicyclic) bond motifs is 3. The van der Waals surface area contributed by atoms with Gasteiger partial charge in [0.25, 0.3) is 0 Å². The molecule has 0 heterocycles. The van der Waals surface area contributed by atoms with Crippen molar-refractivity contribution >= 4 is 17.9 Å². The highest BCUT2D eigenvalue weighted by Gasteiger charge is 2.67. The Bertz CT molecular complexity index is 776. The summed E-state index contributed by atoms with van der Waals surface area (Å²) in [5.74, 6) is 0.00469. The van der Waals surface area contributed by atoms with E-state index >= 15 is 0 Å². The standard InChI is InChI=1S/C26H40O6/c1-16(2)22(28)32-15-26(23(29)30)10-5-9-24(4)20-7-6-18-12-25(20,11-8-21(24)26)13-19(18)14-31-17(3)27/h16,18-21H,5-15H2,1-4H3,(H,29,30)/t18-,19+,20-,21+,24+,25+,26+/m1/s1. The van der Waals surface area contributed by atoms with Gasteiger partial charge in [0.05, 0.1) is 12.5 Å². The lowest BCUT2D eigenvalue weighted by Crippen LogP contribution is -2.60. The Kier molecular flexibility index (Phi) is 6.13. The fraction of sp³-hybridized carbons (Fsp3) is 0.885. The van der Waals surface area contributed by atoms with E-state index in [1.807, 2.05) is 0 Å². The number of aliphatic carboxylic acids is 1. The molecular formula is C26H40O6. The fourth-order valence-electron chi connectivity index (χ4n) is 8.67. The summed E-state index contributed by atoms with van der Waals surface area (Å²) in [6.07, 6.45) is 8.99. The van der Waals surface area contributed by atoms with Crippen molar-refractivity contribution in [3.63, 3.8) is 0 Å². The fourth-order valence-corrected chi connectivity index (χ4v) is 8.67. The van der Waals surface area contributed by atoms with Gasteiger partial charge in [-0.25, -0.2) is 0 Å². The van der Waals surface area contributed by atoms with Gasteiger partial charge in [0.1, 0.15) is 12.0 Å². The molecule has 6 nitrogen and oxygen atoms in total. The van der Waals surface area contributed by atoms with Gasteiger partial charge in [-0.1, -0.05) is 27.2 Å². The Hall–Kier alpha value is -1.59. The van der Waals surface area contributed by atoms with Crippen LogP contribution in [0, 0.1) is 45.8 Å². The maximum atomic E-state index is 12.7. The maximum absolute atomic E-state index is 12.7. The van der Waals surface area contributed by atoms with Gasteiger partial charge < -0.3 is 14.6 Å². The van der Waals surface area contributed by atoms with Gasteiger partial charge in [-0.3, -0.25) is 14.4 Å². The lowest BCUT2D eigenvalue weighted by atomic mass is 9.40. The van der Waals surface area contributed by atoms with E-state index in [9.17, 15) is 19.5 Å². The second-order valence-corrected chi connectivity index (χ2v) is 11.9. The molecule has 4 aliphatic rings. The largest absolute Gasteiger partial charge is 0.481 e. The summed E-state index contributed by atoms with van der Waals surface area (Å²) in [7, 11) is 0. The highest BCUT2D eigenvalue weighted by Crippen LogP contribution is 2.72. The summed E-state index contributed by atoms with van der Waals surface area (Å²) in [5.41, 5.74) is -0.790. The minimum Gasteiger partial charge on any atom is -0.481 e. The van der Waals surface area contributed by atoms with Gasteiger partial charge in [0.15, 0.2) is 0 Å². The van der Waals surface area contributed by atoms with Crippen molar-refractivity contribution in [3.8, 4) is 0 Å². The second kappa shape index (κ2) is 8.32. The summed E-state index contributed by atoms with van der Waals surface area (Å²) < 4.78 is 11.0. The molecule has 0 aliphatic heterocycles. The van der Waals surface area contributed by atoms with Crippen molar-refractivity contribution in [2.24, 2.45) is 45.8 Å². The van der Waals surface area contributed by atoms with Gasteiger partial charge >= 0.3 is 17.9 Å². The van der Waals surface area contributed by atoms with Crippen LogP contribution >= 0.6 is 0 Å². The molecule has 4 fully saturated rings. The number of carboxylic acid groups (broad SMARTS) is 1. The van der Waals surface area contributed by atoms with E-state index in [0.717, 1.165) is 44.9 Å². The Labute approximate surface area is 191 Å². The minimum atomic E-state index is -0.980. The quantitative estimate of drug-likeness (QED) is 0.585. The van der Waals surface area contributed by atoms with Crippen LogP contribution in [-0.2, 0) is 23.9 Å². The number of rotatable bonds is 6. The first kappa shape index (κ1) is 23.6. The number of hydrogen-bond acceptors (Lipinski definition) is 5. The molecule has 0 aromatic rings. The van der Waals surface area contributed by atoms with Crippen LogP contribution in [0.3, 0.4) is 0 Å². The predicted molar refractivity (Wildman–Crippen MR) is 119 cm³/mol. The molecule has 0 saturated heterocycles. The van der Waals surface area contributed by atoms with Crippen molar-refractivity contribution in [2.75, 3.05) is 13.2 Å². The Morgan fingerprint density at radius 1 is 1.00 bits per heavy atom. The van der Waals surface area contributed by atoms with Gasteiger partial charge in [0, 0.05) is 6.92 Å². The molecule has 0 radical (unpaired) electrons. The zero-order chi connectivity index (χ0) is 23.3. The molecule has 180 valence electrons. The number of carbonyl (C=O) groups is 3. The van der Waals surface area contributed by atoms with Crippen LogP contribution in [0.5, 0.6) is 0 Å². The van der Waals surface area contributed by atoms with E-state index in [0.29, 0.717) is 30.8 Å². The molecule has 0 amide bonds. The highest BCUT2D eigenvalue weighted by molar-refractivity contribution is 5.77. The van der Waals surface area contributed by atoms with E-state index in [2.05, 4.69) is 6.92 Å². The maximum Gasteiger partial charge on any atom is 0.313 e. The number of esters is 2. The Morgan fingerprint density at radius 3 is 2.41 bits per heavy atom. The minimum absolute atomic E-state index is 0.00295. The molecule has 0 unspecified atom stereocenters. The van der Waals surface area contributed by atoms with Gasteiger partial charge in [-0.2, -0.15) is 0 Å². The van der Waals surface area contributed by atoms with Gasteiger partial charge in [-0.05, 0) is 85.9 Å². The van der Waals surface area contributed by atoms with Crippen LogP contribution in [0.25, 0.3) is 0 Å². The van der Waals surface area contributed by atoms with Crippen LogP contribution < -0.4 is 0 Å². The third-order valence-corrected chi connectivity index (χ3v) is 9.97. The van der Waals surface area contributed by atoms with Crippen LogP contribution in [0.15, 0.2) is 0 Å². The first-order valence-electron chi connectivity index (χ1n) is 12.6. The van der Waals surface area contributed by atoms with E-state index in [-0.39, 0.29) is 41.2 Å². The van der Waals surface area contributed by atoms with E-state index < -0.39 is 11.4 Å². The van der Waals surface area contributed by atoms with Crippen molar-refractivity contribution in [2.45, 2.75) is 85.5 Å². The SMILES string of the molecule is CC(=O)OC[C@@H]1C[C@@]23CC[C@@H]4[C@](COC(=O)C(C)C)(C(=O)O)CCC[C@@]4(C)[C@H]2CC[C@@H]1C3. The Morgan fingerprint density at radius 2 is 1.75 bits per heavy atom. The lowest BCUT2D eigenvalue weighted by Gasteiger charge is -2.63. The molecule has 0 aromatic carbocycles. The summed E-state index contributed by atoms with van der Waals surface area (Å²) in [6.45, 7) is 7.92. The van der Waals surface area contributed by atoms with Crippen LogP contribution in [0.1, 0.15) is 85.5 Å². The van der Waals surface area contributed by atoms with Gasteiger partial charge in [-0.15, -0.1) is 0 Å². The first-order valence-corrected chi connectivity index (χ1v) is 12.6. The van der Waals surface area contributed by atoms with Crippen LogP contribution in [0.4, 0.5) is 0 Å². The average molecular weight is 449 g/mol. The molecule has 4 aliphatic carbocycles. The van der Waals surface area contributed by atoms with Crippen LogP contribution in [0.2, 0.25) is 0 Å².